The molecule has 0 aliphatic carbocycles. The van der Waals surface area contributed by atoms with E-state index >= 15 is 0 Å². The first kappa shape index (κ1) is 14.8. The van der Waals surface area contributed by atoms with Gasteiger partial charge in [-0.05, 0) is 61.6 Å². The zero-order chi connectivity index (χ0) is 14.0. The molecule has 1 aliphatic heterocycles. The molecule has 19 heavy (non-hydrogen) atoms. The molecule has 1 fully saturated rings. The van der Waals surface area contributed by atoms with Gasteiger partial charge in [0.1, 0.15) is 0 Å². The van der Waals surface area contributed by atoms with Crippen LogP contribution in [0, 0.1) is 6.92 Å². The van der Waals surface area contributed by atoms with Crippen molar-refractivity contribution < 1.29 is 0 Å². The molecule has 0 spiro atoms. The number of rotatable bonds is 3. The number of hydrogen-bond donors (Lipinski definition) is 1. The highest BCUT2D eigenvalue weighted by molar-refractivity contribution is 9.10. The van der Waals surface area contributed by atoms with Gasteiger partial charge >= 0.3 is 0 Å². The predicted molar refractivity (Wildman–Crippen MR) is 86.0 cm³/mol. The topological polar surface area (TPSA) is 18.5 Å². The van der Waals surface area contributed by atoms with Crippen molar-refractivity contribution in [3.63, 3.8) is 0 Å². The first-order valence-corrected chi connectivity index (χ1v) is 7.67. The summed E-state index contributed by atoms with van der Waals surface area (Å²) in [5.74, 6) is 0. The second kappa shape index (κ2) is 6.25. The van der Waals surface area contributed by atoms with Crippen LogP contribution in [0.25, 0.3) is 0 Å². The molecule has 106 valence electrons. The van der Waals surface area contributed by atoms with Gasteiger partial charge < -0.3 is 15.1 Å². The van der Waals surface area contributed by atoms with E-state index in [1.54, 1.807) is 0 Å². The van der Waals surface area contributed by atoms with Gasteiger partial charge in [-0.1, -0.05) is 6.07 Å². The van der Waals surface area contributed by atoms with Crippen molar-refractivity contribution >= 4 is 21.6 Å². The monoisotopic (exact) mass is 325 g/mol. The SMILES string of the molecule is Cc1ccc(N2CC(C)NCC2CN(C)C)c(Br)c1. The molecule has 1 aliphatic rings. The predicted octanol–water partition coefficient (Wildman–Crippen LogP) is 2.49. The van der Waals surface area contributed by atoms with E-state index in [9.17, 15) is 0 Å². The summed E-state index contributed by atoms with van der Waals surface area (Å²) in [4.78, 5) is 4.79. The second-order valence-electron chi connectivity index (χ2n) is 5.83. The molecule has 2 rings (SSSR count). The molecule has 0 aromatic heterocycles. The molecule has 4 heteroatoms. The van der Waals surface area contributed by atoms with Gasteiger partial charge in [0.25, 0.3) is 0 Å². The van der Waals surface area contributed by atoms with Crippen molar-refractivity contribution in [2.45, 2.75) is 25.9 Å². The Balaban J connectivity index is 2.25. The minimum Gasteiger partial charge on any atom is -0.364 e. The summed E-state index contributed by atoms with van der Waals surface area (Å²) in [6.07, 6.45) is 0. The zero-order valence-corrected chi connectivity index (χ0v) is 13.9. The Morgan fingerprint density at radius 2 is 2.16 bits per heavy atom. The molecule has 3 nitrogen and oxygen atoms in total. The van der Waals surface area contributed by atoms with E-state index in [4.69, 9.17) is 0 Å². The van der Waals surface area contributed by atoms with Crippen molar-refractivity contribution in [3.8, 4) is 0 Å². The standard InChI is InChI=1S/C15H24BrN3/c1-11-5-6-15(14(16)7-11)19-9-12(2)17-8-13(19)10-18(3)4/h5-7,12-13,17H,8-10H2,1-4H3. The average Bonchev–Trinajstić information content (AvgIpc) is 2.31. The lowest BCUT2D eigenvalue weighted by Gasteiger charge is -2.42. The van der Waals surface area contributed by atoms with Crippen molar-refractivity contribution in [1.29, 1.82) is 0 Å². The van der Waals surface area contributed by atoms with E-state index in [-0.39, 0.29) is 0 Å². The van der Waals surface area contributed by atoms with Gasteiger partial charge in [-0.15, -0.1) is 0 Å². The molecule has 1 N–H and O–H groups in total. The number of likely N-dealkylation sites (N-methyl/N-ethyl adjacent to an activating group) is 1. The highest BCUT2D eigenvalue weighted by Crippen LogP contribution is 2.30. The molecule has 0 bridgehead atoms. The summed E-state index contributed by atoms with van der Waals surface area (Å²) < 4.78 is 1.20. The lowest BCUT2D eigenvalue weighted by atomic mass is 10.1. The van der Waals surface area contributed by atoms with E-state index in [1.165, 1.54) is 15.7 Å². The second-order valence-corrected chi connectivity index (χ2v) is 6.69. The van der Waals surface area contributed by atoms with E-state index in [2.05, 4.69) is 77.2 Å². The van der Waals surface area contributed by atoms with Gasteiger partial charge in [-0.2, -0.15) is 0 Å². The normalized spacial score (nSPS) is 24.0. The van der Waals surface area contributed by atoms with Gasteiger partial charge in [0.2, 0.25) is 0 Å². The third-order valence-corrected chi connectivity index (χ3v) is 4.24. The number of hydrogen-bond acceptors (Lipinski definition) is 3. The van der Waals surface area contributed by atoms with Crippen LogP contribution in [0.2, 0.25) is 0 Å². The summed E-state index contributed by atoms with van der Waals surface area (Å²) in [6.45, 7) is 7.55. The maximum Gasteiger partial charge on any atom is 0.0542 e. The van der Waals surface area contributed by atoms with Crippen LogP contribution in [0.15, 0.2) is 22.7 Å². The van der Waals surface area contributed by atoms with Gasteiger partial charge in [0.15, 0.2) is 0 Å². The molecule has 2 unspecified atom stereocenters. The number of nitrogens with one attached hydrogen (secondary N) is 1. The summed E-state index contributed by atoms with van der Waals surface area (Å²) in [5, 5.41) is 3.58. The molecule has 1 saturated heterocycles. The van der Waals surface area contributed by atoms with E-state index in [0.717, 1.165) is 19.6 Å². The number of anilines is 1. The van der Waals surface area contributed by atoms with Gasteiger partial charge in [-0.25, -0.2) is 0 Å². The number of halogens is 1. The van der Waals surface area contributed by atoms with Crippen LogP contribution >= 0.6 is 15.9 Å². The first-order chi connectivity index (χ1) is 8.97. The van der Waals surface area contributed by atoms with Crippen LogP contribution < -0.4 is 10.2 Å². The van der Waals surface area contributed by atoms with Gasteiger partial charge in [0, 0.05) is 30.1 Å². The molecular formula is C15H24BrN3. The largest absolute Gasteiger partial charge is 0.364 e. The van der Waals surface area contributed by atoms with Crippen LogP contribution in [0.3, 0.4) is 0 Å². The van der Waals surface area contributed by atoms with Crippen molar-refractivity contribution in [1.82, 2.24) is 10.2 Å². The lowest BCUT2D eigenvalue weighted by molar-refractivity contribution is 0.316. The minimum absolute atomic E-state index is 0.519. The van der Waals surface area contributed by atoms with Crippen LogP contribution in [0.4, 0.5) is 5.69 Å². The molecule has 0 saturated carbocycles. The Morgan fingerprint density at radius 1 is 1.42 bits per heavy atom. The Kier molecular flexibility index (Phi) is 4.87. The third kappa shape index (κ3) is 3.71. The number of nitrogens with zero attached hydrogens (tertiary/aromatic N) is 2. The maximum absolute atomic E-state index is 3.72. The summed E-state index contributed by atoms with van der Waals surface area (Å²) in [6, 6.07) is 7.69. The van der Waals surface area contributed by atoms with E-state index in [0.29, 0.717) is 12.1 Å². The smallest absolute Gasteiger partial charge is 0.0542 e. The molecule has 1 aromatic carbocycles. The Bertz CT molecular complexity index is 433. The van der Waals surface area contributed by atoms with Gasteiger partial charge in [-0.3, -0.25) is 0 Å². The van der Waals surface area contributed by atoms with E-state index in [1.807, 2.05) is 0 Å². The Hall–Kier alpha value is -0.580. The summed E-state index contributed by atoms with van der Waals surface area (Å²) >= 11 is 3.72. The molecule has 1 heterocycles. The quantitative estimate of drug-likeness (QED) is 0.921. The maximum atomic E-state index is 3.72. The Morgan fingerprint density at radius 3 is 2.79 bits per heavy atom. The molecule has 1 aromatic rings. The highest BCUT2D eigenvalue weighted by atomic mass is 79.9. The van der Waals surface area contributed by atoms with Crippen molar-refractivity contribution in [2.75, 3.05) is 38.6 Å². The Labute approximate surface area is 125 Å². The molecular weight excluding hydrogens is 302 g/mol. The van der Waals surface area contributed by atoms with Crippen LogP contribution in [0.1, 0.15) is 12.5 Å². The van der Waals surface area contributed by atoms with Crippen LogP contribution in [-0.4, -0.2) is 50.7 Å². The summed E-state index contributed by atoms with van der Waals surface area (Å²) in [7, 11) is 4.28. The summed E-state index contributed by atoms with van der Waals surface area (Å²) in [5.41, 5.74) is 2.61. The fourth-order valence-electron chi connectivity index (χ4n) is 2.68. The van der Waals surface area contributed by atoms with Crippen LogP contribution in [0.5, 0.6) is 0 Å². The first-order valence-electron chi connectivity index (χ1n) is 6.88. The molecule has 2 atom stereocenters. The number of benzene rings is 1. The third-order valence-electron chi connectivity index (χ3n) is 3.60. The lowest BCUT2D eigenvalue weighted by Crippen LogP contribution is -2.58. The highest BCUT2D eigenvalue weighted by Gasteiger charge is 2.27. The zero-order valence-electron chi connectivity index (χ0n) is 12.3. The van der Waals surface area contributed by atoms with E-state index < -0.39 is 0 Å². The minimum atomic E-state index is 0.519. The average molecular weight is 326 g/mol. The number of piperazine rings is 1. The number of aryl methyl sites for hydroxylation is 1. The molecule has 0 radical (unpaired) electrons. The molecule has 0 amide bonds. The fraction of sp³-hybridized carbons (Fsp3) is 0.600. The van der Waals surface area contributed by atoms with Crippen LogP contribution in [-0.2, 0) is 0 Å². The van der Waals surface area contributed by atoms with Crippen molar-refractivity contribution in [3.05, 3.63) is 28.2 Å². The fourth-order valence-corrected chi connectivity index (χ4v) is 3.40. The van der Waals surface area contributed by atoms with Crippen molar-refractivity contribution in [2.24, 2.45) is 0 Å². The van der Waals surface area contributed by atoms with Gasteiger partial charge in [0.05, 0.1) is 11.7 Å².